The van der Waals surface area contributed by atoms with Crippen molar-refractivity contribution in [3.63, 3.8) is 0 Å². The van der Waals surface area contributed by atoms with Crippen molar-refractivity contribution in [2.24, 2.45) is 0 Å². The third-order valence-corrected chi connectivity index (χ3v) is 21.2. The van der Waals surface area contributed by atoms with Gasteiger partial charge in [-0.1, -0.05) is 0 Å². The van der Waals surface area contributed by atoms with Crippen LogP contribution in [-0.2, 0) is 0 Å². The first-order valence-corrected chi connectivity index (χ1v) is 17.3. The van der Waals surface area contributed by atoms with Crippen LogP contribution in [0.5, 0.6) is 0 Å². The van der Waals surface area contributed by atoms with Crippen LogP contribution in [0.2, 0.25) is 13.3 Å². The maximum atomic E-state index is 4.68. The van der Waals surface area contributed by atoms with Crippen molar-refractivity contribution >= 4 is 37.9 Å². The molecule has 124 valence electrons. The molecule has 0 aromatic heterocycles. The summed E-state index contributed by atoms with van der Waals surface area (Å²) < 4.78 is 7.28. The molecule has 0 heterocycles. The number of benzene rings is 1. The summed E-state index contributed by atoms with van der Waals surface area (Å²) in [4.78, 5) is 0. The topological polar surface area (TPSA) is 0 Å². The molecule has 0 aliphatic heterocycles. The van der Waals surface area contributed by atoms with Crippen molar-refractivity contribution in [3.05, 3.63) is 40.9 Å². The Hall–Kier alpha value is 0.239. The number of unbranched alkanes of at least 4 members (excludes halogenated alkanes) is 3. The number of halogens is 1. The Balaban J connectivity index is 3.13. The first-order valence-electron chi connectivity index (χ1n) is 9.05. The van der Waals surface area contributed by atoms with Crippen molar-refractivity contribution in [3.8, 4) is 0 Å². The molecule has 0 aliphatic carbocycles. The zero-order valence-corrected chi connectivity index (χ0v) is 19.2. The van der Waals surface area contributed by atoms with E-state index in [1.807, 2.05) is 0 Å². The van der Waals surface area contributed by atoms with E-state index in [9.17, 15) is 0 Å². The first-order chi connectivity index (χ1) is 10.6. The molecule has 0 fully saturated rings. The number of hydrogen-bond donors (Lipinski definition) is 0. The standard InChI is InChI=1S/C8H6Br.3C4H9.Sn/c1-2-7-5-3-4-6-8(7)9;3*1-3-4-2;/h3-6H,1H2;3*1,3-4H2,2H3;. The van der Waals surface area contributed by atoms with Gasteiger partial charge >= 0.3 is 151 Å². The molecular formula is C20H33BrSn. The van der Waals surface area contributed by atoms with Gasteiger partial charge in [-0.3, -0.25) is 0 Å². The Morgan fingerprint density at radius 2 is 1.36 bits per heavy atom. The average Bonchev–Trinajstić information content (AvgIpc) is 2.54. The van der Waals surface area contributed by atoms with Crippen molar-refractivity contribution in [2.75, 3.05) is 0 Å². The fourth-order valence-electron chi connectivity index (χ4n) is 3.36. The summed E-state index contributed by atoms with van der Waals surface area (Å²) >= 11 is 1.42. The fourth-order valence-corrected chi connectivity index (χ4v) is 20.2. The third-order valence-electron chi connectivity index (χ3n) is 4.87. The Labute approximate surface area is 150 Å². The van der Waals surface area contributed by atoms with Gasteiger partial charge in [-0.2, -0.15) is 0 Å². The van der Waals surface area contributed by atoms with Crippen LogP contribution in [0.25, 0.3) is 3.59 Å². The molecule has 0 N–H and O–H groups in total. The summed E-state index contributed by atoms with van der Waals surface area (Å²) in [5.41, 5.74) is 1.40. The normalized spacial score (nSPS) is 11.6. The van der Waals surface area contributed by atoms with Gasteiger partial charge in [0, 0.05) is 0 Å². The molecule has 2 heteroatoms. The molecule has 22 heavy (non-hydrogen) atoms. The van der Waals surface area contributed by atoms with Crippen LogP contribution in [0.4, 0.5) is 0 Å². The molecule has 0 spiro atoms. The van der Waals surface area contributed by atoms with E-state index in [4.69, 9.17) is 0 Å². The van der Waals surface area contributed by atoms with Crippen molar-refractivity contribution < 1.29 is 0 Å². The van der Waals surface area contributed by atoms with E-state index in [0.29, 0.717) is 0 Å². The van der Waals surface area contributed by atoms with E-state index in [2.05, 4.69) is 67.5 Å². The van der Waals surface area contributed by atoms with Crippen LogP contribution in [0.3, 0.4) is 0 Å². The second-order valence-electron chi connectivity index (χ2n) is 6.55. The number of rotatable bonds is 11. The zero-order chi connectivity index (χ0) is 16.4. The molecule has 0 bridgehead atoms. The van der Waals surface area contributed by atoms with Gasteiger partial charge in [-0.15, -0.1) is 0 Å². The molecule has 0 saturated heterocycles. The van der Waals surface area contributed by atoms with Crippen molar-refractivity contribution in [1.82, 2.24) is 0 Å². The minimum absolute atomic E-state index is 1.24. The van der Waals surface area contributed by atoms with Gasteiger partial charge in [-0.05, 0) is 0 Å². The molecule has 0 amide bonds. The molecular weight excluding hydrogens is 439 g/mol. The summed E-state index contributed by atoms with van der Waals surface area (Å²) in [5.74, 6) is 0. The van der Waals surface area contributed by atoms with Gasteiger partial charge in [0.05, 0.1) is 0 Å². The van der Waals surface area contributed by atoms with Crippen LogP contribution < -0.4 is 0 Å². The summed E-state index contributed by atoms with van der Waals surface area (Å²) in [5, 5.41) is 0. The summed E-state index contributed by atoms with van der Waals surface area (Å²) in [6, 6.07) is 8.74. The van der Waals surface area contributed by atoms with Gasteiger partial charge in [-0.25, -0.2) is 0 Å². The Kier molecular flexibility index (Phi) is 10.1. The second-order valence-corrected chi connectivity index (χ2v) is 20.7. The van der Waals surface area contributed by atoms with Gasteiger partial charge in [0.1, 0.15) is 0 Å². The van der Waals surface area contributed by atoms with Crippen LogP contribution >= 0.6 is 15.9 Å². The maximum absolute atomic E-state index is 4.68. The van der Waals surface area contributed by atoms with E-state index in [0.717, 1.165) is 0 Å². The molecule has 1 rings (SSSR count). The van der Waals surface area contributed by atoms with Crippen LogP contribution in [-0.4, -0.2) is 18.4 Å². The van der Waals surface area contributed by atoms with E-state index in [-0.39, 0.29) is 0 Å². The van der Waals surface area contributed by atoms with E-state index in [1.165, 1.54) is 61.9 Å². The SMILES string of the molecule is C=[C](c1ccccc1Br)[Sn]([CH2]CCC)([CH2]CCC)[CH2]CCC. The Morgan fingerprint density at radius 1 is 0.909 bits per heavy atom. The van der Waals surface area contributed by atoms with E-state index in [1.54, 1.807) is 3.59 Å². The van der Waals surface area contributed by atoms with E-state index >= 15 is 0 Å². The second kappa shape index (κ2) is 10.9. The average molecular weight is 472 g/mol. The molecule has 1 aromatic carbocycles. The predicted octanol–water partition coefficient (Wildman–Crippen LogP) is 7.85. The van der Waals surface area contributed by atoms with Crippen LogP contribution in [0.15, 0.2) is 35.3 Å². The molecule has 1 aromatic rings. The molecule has 0 unspecified atom stereocenters. The van der Waals surface area contributed by atoms with Crippen molar-refractivity contribution in [2.45, 2.75) is 72.6 Å². The molecule has 0 atom stereocenters. The van der Waals surface area contributed by atoms with Gasteiger partial charge in [0.2, 0.25) is 0 Å². The zero-order valence-electron chi connectivity index (χ0n) is 14.8. The van der Waals surface area contributed by atoms with Gasteiger partial charge < -0.3 is 0 Å². The van der Waals surface area contributed by atoms with Gasteiger partial charge in [0.25, 0.3) is 0 Å². The quantitative estimate of drug-likeness (QED) is 0.288. The number of hydrogen-bond acceptors (Lipinski definition) is 0. The van der Waals surface area contributed by atoms with E-state index < -0.39 is 18.4 Å². The first kappa shape index (κ1) is 20.3. The van der Waals surface area contributed by atoms with Crippen molar-refractivity contribution in [1.29, 1.82) is 0 Å². The predicted molar refractivity (Wildman–Crippen MR) is 108 cm³/mol. The van der Waals surface area contributed by atoms with Crippen LogP contribution in [0, 0.1) is 0 Å². The third kappa shape index (κ3) is 5.70. The molecule has 0 aliphatic rings. The summed E-state index contributed by atoms with van der Waals surface area (Å²) in [6.45, 7) is 11.7. The monoisotopic (exact) mass is 472 g/mol. The molecule has 0 nitrogen and oxygen atoms in total. The summed E-state index contributed by atoms with van der Waals surface area (Å²) in [7, 11) is 0. The fraction of sp³-hybridized carbons (Fsp3) is 0.600. The van der Waals surface area contributed by atoms with Gasteiger partial charge in [0.15, 0.2) is 0 Å². The summed E-state index contributed by atoms with van der Waals surface area (Å²) in [6.07, 6.45) is 8.15. The molecule has 0 saturated carbocycles. The van der Waals surface area contributed by atoms with Crippen LogP contribution in [0.1, 0.15) is 64.9 Å². The molecule has 0 radical (unpaired) electrons. The minimum atomic E-state index is -2.35. The Bertz CT molecular complexity index is 431. The Morgan fingerprint density at radius 3 is 1.77 bits per heavy atom.